The number of aliphatic hydroxyl groups is 1. The molecule has 0 spiro atoms. The van der Waals surface area contributed by atoms with E-state index in [0.717, 1.165) is 25.0 Å². The van der Waals surface area contributed by atoms with E-state index in [-0.39, 0.29) is 11.5 Å². The minimum atomic E-state index is -0.332. The van der Waals surface area contributed by atoms with Crippen LogP contribution in [-0.4, -0.2) is 18.8 Å². The fourth-order valence-corrected chi connectivity index (χ4v) is 3.44. The van der Waals surface area contributed by atoms with Gasteiger partial charge in [0.25, 0.3) is 0 Å². The van der Waals surface area contributed by atoms with Crippen LogP contribution in [0.5, 0.6) is 0 Å². The van der Waals surface area contributed by atoms with E-state index in [9.17, 15) is 5.11 Å². The largest absolute Gasteiger partial charge is 0.388 e. The molecule has 2 unspecified atom stereocenters. The topological polar surface area (TPSA) is 29.5 Å². The van der Waals surface area contributed by atoms with Crippen molar-refractivity contribution in [3.05, 3.63) is 35.4 Å². The van der Waals surface area contributed by atoms with E-state index < -0.39 is 0 Å². The van der Waals surface area contributed by atoms with Crippen molar-refractivity contribution < 1.29 is 9.84 Å². The monoisotopic (exact) mass is 276 g/mol. The van der Waals surface area contributed by atoms with Crippen LogP contribution in [-0.2, 0) is 11.2 Å². The first-order valence-corrected chi connectivity index (χ1v) is 7.80. The summed E-state index contributed by atoms with van der Waals surface area (Å²) >= 11 is 0. The average Bonchev–Trinajstić information content (AvgIpc) is 2.44. The van der Waals surface area contributed by atoms with Crippen LogP contribution < -0.4 is 0 Å². The zero-order valence-corrected chi connectivity index (χ0v) is 13.1. The second kappa shape index (κ2) is 6.73. The Kier molecular flexibility index (Phi) is 5.22. The molecule has 0 aromatic heterocycles. The lowest BCUT2D eigenvalue weighted by atomic mass is 9.65. The Bertz CT molecular complexity index is 408. The lowest BCUT2D eigenvalue weighted by Crippen LogP contribution is -2.32. The highest BCUT2D eigenvalue weighted by Gasteiger charge is 2.37. The molecule has 0 aliphatic heterocycles. The van der Waals surface area contributed by atoms with E-state index in [1.54, 1.807) is 7.11 Å². The summed E-state index contributed by atoms with van der Waals surface area (Å²) in [7, 11) is 1.73. The van der Waals surface area contributed by atoms with Crippen LogP contribution in [0.25, 0.3) is 0 Å². The molecule has 2 rings (SSSR count). The maximum Gasteiger partial charge on any atom is 0.0823 e. The molecule has 0 heterocycles. The zero-order chi connectivity index (χ0) is 14.6. The minimum absolute atomic E-state index is 0.242. The SMILES string of the molecule is COCCc1ccc(C(O)C2CCCCC2(C)C)cc1. The third-order valence-corrected chi connectivity index (χ3v) is 4.89. The highest BCUT2D eigenvalue weighted by atomic mass is 16.5. The molecule has 0 radical (unpaired) electrons. The van der Waals surface area contributed by atoms with Gasteiger partial charge in [-0.05, 0) is 41.7 Å². The molecule has 1 N–H and O–H groups in total. The second-order valence-electron chi connectivity index (χ2n) is 6.77. The number of hydrogen-bond acceptors (Lipinski definition) is 2. The Balaban J connectivity index is 2.06. The van der Waals surface area contributed by atoms with Gasteiger partial charge in [-0.1, -0.05) is 51.0 Å². The first-order valence-electron chi connectivity index (χ1n) is 7.80. The normalized spacial score (nSPS) is 23.5. The van der Waals surface area contributed by atoms with Gasteiger partial charge in [-0.15, -0.1) is 0 Å². The standard InChI is InChI=1S/C18H28O2/c1-18(2)12-5-4-6-16(18)17(19)15-9-7-14(8-10-15)11-13-20-3/h7-10,16-17,19H,4-6,11-13H2,1-3H3. The molecule has 1 aliphatic carbocycles. The number of ether oxygens (including phenoxy) is 1. The molecule has 0 amide bonds. The van der Waals surface area contributed by atoms with Gasteiger partial charge in [0.2, 0.25) is 0 Å². The molecule has 0 bridgehead atoms. The van der Waals surface area contributed by atoms with Crippen molar-refractivity contribution in [3.8, 4) is 0 Å². The lowest BCUT2D eigenvalue weighted by molar-refractivity contribution is 0.00385. The Morgan fingerprint density at radius 3 is 2.55 bits per heavy atom. The van der Waals surface area contributed by atoms with Crippen LogP contribution in [0, 0.1) is 11.3 Å². The van der Waals surface area contributed by atoms with Gasteiger partial charge in [0.05, 0.1) is 12.7 Å². The first kappa shape index (κ1) is 15.5. The van der Waals surface area contributed by atoms with Crippen molar-refractivity contribution in [1.29, 1.82) is 0 Å². The summed E-state index contributed by atoms with van der Waals surface area (Å²) in [5.41, 5.74) is 2.57. The summed E-state index contributed by atoms with van der Waals surface area (Å²) in [6.07, 6.45) is 5.51. The Morgan fingerprint density at radius 1 is 1.25 bits per heavy atom. The zero-order valence-electron chi connectivity index (χ0n) is 13.1. The van der Waals surface area contributed by atoms with Gasteiger partial charge in [-0.3, -0.25) is 0 Å². The molecule has 1 aromatic rings. The van der Waals surface area contributed by atoms with E-state index in [0.29, 0.717) is 5.92 Å². The molecular weight excluding hydrogens is 248 g/mol. The Labute approximate surface area is 123 Å². The van der Waals surface area contributed by atoms with Crippen molar-refractivity contribution in [2.45, 2.75) is 52.1 Å². The Morgan fingerprint density at radius 2 is 1.95 bits per heavy atom. The van der Waals surface area contributed by atoms with Gasteiger partial charge in [0.1, 0.15) is 0 Å². The molecule has 1 saturated carbocycles. The quantitative estimate of drug-likeness (QED) is 0.876. The van der Waals surface area contributed by atoms with Gasteiger partial charge in [0.15, 0.2) is 0 Å². The van der Waals surface area contributed by atoms with E-state index in [1.165, 1.54) is 24.8 Å². The van der Waals surface area contributed by atoms with Gasteiger partial charge < -0.3 is 9.84 Å². The molecule has 0 saturated heterocycles. The molecule has 20 heavy (non-hydrogen) atoms. The predicted molar refractivity (Wildman–Crippen MR) is 82.7 cm³/mol. The molecular formula is C18H28O2. The van der Waals surface area contributed by atoms with Gasteiger partial charge in [-0.25, -0.2) is 0 Å². The number of aliphatic hydroxyl groups excluding tert-OH is 1. The molecule has 1 fully saturated rings. The Hall–Kier alpha value is -0.860. The maximum absolute atomic E-state index is 10.7. The number of benzene rings is 1. The summed E-state index contributed by atoms with van der Waals surface area (Å²) in [6, 6.07) is 8.40. The summed E-state index contributed by atoms with van der Waals surface area (Å²) in [6.45, 7) is 5.34. The predicted octanol–water partition coefficient (Wildman–Crippen LogP) is 4.13. The third-order valence-electron chi connectivity index (χ3n) is 4.89. The van der Waals surface area contributed by atoms with Gasteiger partial charge in [-0.2, -0.15) is 0 Å². The van der Waals surface area contributed by atoms with Crippen molar-refractivity contribution in [2.75, 3.05) is 13.7 Å². The number of methoxy groups -OCH3 is 1. The van der Waals surface area contributed by atoms with Crippen molar-refractivity contribution >= 4 is 0 Å². The van der Waals surface area contributed by atoms with E-state index in [2.05, 4.69) is 38.1 Å². The van der Waals surface area contributed by atoms with Crippen LogP contribution in [0.15, 0.2) is 24.3 Å². The minimum Gasteiger partial charge on any atom is -0.388 e. The fourth-order valence-electron chi connectivity index (χ4n) is 3.44. The van der Waals surface area contributed by atoms with Crippen LogP contribution in [0.2, 0.25) is 0 Å². The smallest absolute Gasteiger partial charge is 0.0823 e. The summed E-state index contributed by atoms with van der Waals surface area (Å²) in [5, 5.41) is 10.7. The average molecular weight is 276 g/mol. The number of rotatable bonds is 5. The van der Waals surface area contributed by atoms with Crippen molar-refractivity contribution in [3.63, 3.8) is 0 Å². The molecule has 1 aliphatic rings. The highest BCUT2D eigenvalue weighted by Crippen LogP contribution is 2.46. The van der Waals surface area contributed by atoms with Gasteiger partial charge in [0, 0.05) is 7.11 Å². The summed E-state index contributed by atoms with van der Waals surface area (Å²) in [4.78, 5) is 0. The molecule has 1 aromatic carbocycles. The maximum atomic E-state index is 10.7. The second-order valence-corrected chi connectivity index (χ2v) is 6.77. The lowest BCUT2D eigenvalue weighted by Gasteiger charge is -2.41. The van der Waals surface area contributed by atoms with Crippen LogP contribution in [0.3, 0.4) is 0 Å². The van der Waals surface area contributed by atoms with Crippen molar-refractivity contribution in [2.24, 2.45) is 11.3 Å². The van der Waals surface area contributed by atoms with Crippen molar-refractivity contribution in [1.82, 2.24) is 0 Å². The third kappa shape index (κ3) is 3.62. The summed E-state index contributed by atoms with van der Waals surface area (Å²) < 4.78 is 5.10. The summed E-state index contributed by atoms with van der Waals surface area (Å²) in [5.74, 6) is 0.376. The molecule has 112 valence electrons. The molecule has 2 atom stereocenters. The number of hydrogen-bond donors (Lipinski definition) is 1. The molecule has 2 heteroatoms. The van der Waals surface area contributed by atoms with Crippen LogP contribution >= 0.6 is 0 Å². The molecule has 2 nitrogen and oxygen atoms in total. The van der Waals surface area contributed by atoms with E-state index in [4.69, 9.17) is 4.74 Å². The highest BCUT2D eigenvalue weighted by molar-refractivity contribution is 5.25. The van der Waals surface area contributed by atoms with Crippen LogP contribution in [0.4, 0.5) is 0 Å². The van der Waals surface area contributed by atoms with Crippen LogP contribution in [0.1, 0.15) is 56.8 Å². The fraction of sp³-hybridized carbons (Fsp3) is 0.667. The first-order chi connectivity index (χ1) is 9.54. The van der Waals surface area contributed by atoms with Gasteiger partial charge >= 0.3 is 0 Å². The van der Waals surface area contributed by atoms with E-state index in [1.807, 2.05) is 0 Å². The van der Waals surface area contributed by atoms with E-state index >= 15 is 0 Å².